The smallest absolute Gasteiger partial charge is 0.123 e. The zero-order valence-electron chi connectivity index (χ0n) is 15.0. The van der Waals surface area contributed by atoms with Gasteiger partial charge in [0.15, 0.2) is 0 Å². The van der Waals surface area contributed by atoms with Crippen LogP contribution in [-0.4, -0.2) is 42.3 Å². The van der Waals surface area contributed by atoms with Gasteiger partial charge in [-0.1, -0.05) is 30.3 Å². The first-order valence-electron chi connectivity index (χ1n) is 9.41. The van der Waals surface area contributed by atoms with E-state index in [1.165, 1.54) is 11.1 Å². The highest BCUT2D eigenvalue weighted by molar-refractivity contribution is 5.84. The number of nitrogens with zero attached hydrogens (tertiary/aromatic N) is 2. The Labute approximate surface area is 154 Å². The molecule has 26 heavy (non-hydrogen) atoms. The molecule has 1 aliphatic heterocycles. The Morgan fingerprint density at radius 3 is 2.62 bits per heavy atom. The van der Waals surface area contributed by atoms with Gasteiger partial charge < -0.3 is 9.30 Å². The van der Waals surface area contributed by atoms with Gasteiger partial charge in [0.2, 0.25) is 0 Å². The van der Waals surface area contributed by atoms with Gasteiger partial charge in [-0.25, -0.2) is 4.39 Å². The average Bonchev–Trinajstić information content (AvgIpc) is 3.00. The molecule has 2 heterocycles. The van der Waals surface area contributed by atoms with Gasteiger partial charge in [0.25, 0.3) is 0 Å². The van der Waals surface area contributed by atoms with Crippen LogP contribution < -0.4 is 0 Å². The van der Waals surface area contributed by atoms with Gasteiger partial charge in [-0.3, -0.25) is 4.90 Å². The SMILES string of the molecule is Fc1ccc2c(c1)c(CCCN1CCOCC1)cn2Cc1ccccc1. The van der Waals surface area contributed by atoms with Crippen molar-refractivity contribution < 1.29 is 9.13 Å². The van der Waals surface area contributed by atoms with Crippen LogP contribution >= 0.6 is 0 Å². The molecule has 0 N–H and O–H groups in total. The molecule has 0 unspecified atom stereocenters. The van der Waals surface area contributed by atoms with Crippen molar-refractivity contribution in [3.63, 3.8) is 0 Å². The molecule has 4 heteroatoms. The van der Waals surface area contributed by atoms with E-state index in [0.717, 1.165) is 63.1 Å². The quantitative estimate of drug-likeness (QED) is 0.665. The molecule has 1 fully saturated rings. The molecule has 0 amide bonds. The van der Waals surface area contributed by atoms with Gasteiger partial charge in [-0.05, 0) is 48.7 Å². The first-order chi connectivity index (χ1) is 12.8. The van der Waals surface area contributed by atoms with Crippen molar-refractivity contribution >= 4 is 10.9 Å². The highest BCUT2D eigenvalue weighted by Crippen LogP contribution is 2.25. The van der Waals surface area contributed by atoms with Crippen molar-refractivity contribution in [2.75, 3.05) is 32.8 Å². The number of aromatic nitrogens is 1. The van der Waals surface area contributed by atoms with Crippen molar-refractivity contribution in [1.29, 1.82) is 0 Å². The molecular weight excluding hydrogens is 327 g/mol. The summed E-state index contributed by atoms with van der Waals surface area (Å²) in [5.74, 6) is -0.163. The maximum absolute atomic E-state index is 13.8. The van der Waals surface area contributed by atoms with Crippen molar-refractivity contribution in [3.05, 3.63) is 71.7 Å². The summed E-state index contributed by atoms with van der Waals surface area (Å²) in [5, 5.41) is 1.04. The second kappa shape index (κ2) is 8.02. The molecule has 1 saturated heterocycles. The summed E-state index contributed by atoms with van der Waals surface area (Å²) < 4.78 is 21.5. The van der Waals surface area contributed by atoms with E-state index in [-0.39, 0.29) is 5.82 Å². The third-order valence-electron chi connectivity index (χ3n) is 5.15. The van der Waals surface area contributed by atoms with Crippen LogP contribution in [0.25, 0.3) is 10.9 Å². The fourth-order valence-corrected chi connectivity index (χ4v) is 3.77. The Morgan fingerprint density at radius 2 is 1.81 bits per heavy atom. The lowest BCUT2D eigenvalue weighted by Crippen LogP contribution is -2.36. The van der Waals surface area contributed by atoms with Crippen molar-refractivity contribution in [3.8, 4) is 0 Å². The molecule has 0 saturated carbocycles. The Kier molecular flexibility index (Phi) is 5.32. The van der Waals surface area contributed by atoms with E-state index in [0.29, 0.717) is 0 Å². The van der Waals surface area contributed by atoms with Crippen LogP contribution in [0.2, 0.25) is 0 Å². The van der Waals surface area contributed by atoms with Gasteiger partial charge in [-0.15, -0.1) is 0 Å². The molecule has 0 radical (unpaired) electrons. The number of aryl methyl sites for hydroxylation is 1. The zero-order chi connectivity index (χ0) is 17.8. The number of rotatable bonds is 6. The topological polar surface area (TPSA) is 17.4 Å². The second-order valence-electron chi connectivity index (χ2n) is 6.99. The fourth-order valence-electron chi connectivity index (χ4n) is 3.77. The largest absolute Gasteiger partial charge is 0.379 e. The molecule has 0 aliphatic carbocycles. The van der Waals surface area contributed by atoms with Crippen molar-refractivity contribution in [2.45, 2.75) is 19.4 Å². The molecule has 0 atom stereocenters. The van der Waals surface area contributed by atoms with Crippen molar-refractivity contribution in [1.82, 2.24) is 9.47 Å². The van der Waals surface area contributed by atoms with E-state index in [1.54, 1.807) is 12.1 Å². The number of ether oxygens (including phenoxy) is 1. The lowest BCUT2D eigenvalue weighted by atomic mass is 10.1. The number of hydrogen-bond donors (Lipinski definition) is 0. The maximum atomic E-state index is 13.8. The molecule has 1 aliphatic rings. The van der Waals surface area contributed by atoms with Gasteiger partial charge in [-0.2, -0.15) is 0 Å². The lowest BCUT2D eigenvalue weighted by Gasteiger charge is -2.26. The monoisotopic (exact) mass is 352 g/mol. The van der Waals surface area contributed by atoms with Crippen LogP contribution in [0.5, 0.6) is 0 Å². The molecular formula is C22H25FN2O. The minimum Gasteiger partial charge on any atom is -0.379 e. The average molecular weight is 352 g/mol. The summed E-state index contributed by atoms with van der Waals surface area (Å²) in [6.07, 6.45) is 4.26. The number of halogens is 1. The highest BCUT2D eigenvalue weighted by Gasteiger charge is 2.13. The molecule has 4 rings (SSSR count). The third kappa shape index (κ3) is 3.97. The number of hydrogen-bond acceptors (Lipinski definition) is 2. The second-order valence-corrected chi connectivity index (χ2v) is 6.99. The van der Waals surface area contributed by atoms with Crippen LogP contribution in [-0.2, 0) is 17.7 Å². The fraction of sp³-hybridized carbons (Fsp3) is 0.364. The minimum absolute atomic E-state index is 0.163. The summed E-state index contributed by atoms with van der Waals surface area (Å²) in [7, 11) is 0. The molecule has 0 bridgehead atoms. The zero-order valence-corrected chi connectivity index (χ0v) is 15.0. The highest BCUT2D eigenvalue weighted by atomic mass is 19.1. The van der Waals surface area contributed by atoms with Crippen molar-refractivity contribution in [2.24, 2.45) is 0 Å². The molecule has 3 nitrogen and oxygen atoms in total. The van der Waals surface area contributed by atoms with Crippen LogP contribution in [0.15, 0.2) is 54.7 Å². The molecule has 3 aromatic rings. The lowest BCUT2D eigenvalue weighted by molar-refractivity contribution is 0.0375. The van der Waals surface area contributed by atoms with E-state index in [2.05, 4.69) is 39.9 Å². The first kappa shape index (κ1) is 17.3. The first-order valence-corrected chi connectivity index (χ1v) is 9.41. The summed E-state index contributed by atoms with van der Waals surface area (Å²) in [6.45, 7) is 5.59. The Balaban J connectivity index is 1.52. The van der Waals surface area contributed by atoms with Crippen LogP contribution in [0.4, 0.5) is 4.39 Å². The predicted octanol–water partition coefficient (Wildman–Crippen LogP) is 4.09. The molecule has 0 spiro atoms. The third-order valence-corrected chi connectivity index (χ3v) is 5.15. The molecule has 136 valence electrons. The Hall–Kier alpha value is -2.17. The van der Waals surface area contributed by atoms with Gasteiger partial charge in [0.1, 0.15) is 5.82 Å². The van der Waals surface area contributed by atoms with E-state index in [1.807, 2.05) is 12.1 Å². The van der Waals surface area contributed by atoms with Gasteiger partial charge in [0, 0.05) is 36.7 Å². The van der Waals surface area contributed by atoms with Gasteiger partial charge >= 0.3 is 0 Å². The van der Waals surface area contributed by atoms with Crippen LogP contribution in [0.1, 0.15) is 17.5 Å². The van der Waals surface area contributed by atoms with Gasteiger partial charge in [0.05, 0.1) is 13.2 Å². The van der Waals surface area contributed by atoms with E-state index < -0.39 is 0 Å². The number of morpholine rings is 1. The minimum atomic E-state index is -0.163. The summed E-state index contributed by atoms with van der Waals surface area (Å²) >= 11 is 0. The van der Waals surface area contributed by atoms with E-state index in [9.17, 15) is 4.39 Å². The number of benzene rings is 2. The normalized spacial score (nSPS) is 15.6. The summed E-state index contributed by atoms with van der Waals surface area (Å²) in [5.41, 5.74) is 3.61. The Morgan fingerprint density at radius 1 is 1.00 bits per heavy atom. The predicted molar refractivity (Wildman–Crippen MR) is 103 cm³/mol. The molecule has 1 aromatic heterocycles. The van der Waals surface area contributed by atoms with Crippen LogP contribution in [0, 0.1) is 5.82 Å². The van der Waals surface area contributed by atoms with E-state index >= 15 is 0 Å². The summed E-state index contributed by atoms with van der Waals surface area (Å²) in [4.78, 5) is 2.45. The van der Waals surface area contributed by atoms with E-state index in [4.69, 9.17) is 4.74 Å². The number of fused-ring (bicyclic) bond motifs is 1. The Bertz CT molecular complexity index is 853. The maximum Gasteiger partial charge on any atom is 0.123 e. The van der Waals surface area contributed by atoms with Crippen LogP contribution in [0.3, 0.4) is 0 Å². The molecule has 2 aromatic carbocycles. The summed E-state index contributed by atoms with van der Waals surface area (Å²) in [6, 6.07) is 15.6. The standard InChI is InChI=1S/C22H25FN2O/c23-20-8-9-22-21(15-20)19(7-4-10-24-11-13-26-14-12-24)17-25(22)16-18-5-2-1-3-6-18/h1-3,5-6,8-9,15,17H,4,7,10-14,16H2.